The van der Waals surface area contributed by atoms with Crippen LogP contribution in [0.25, 0.3) is 0 Å². The second kappa shape index (κ2) is 16.4. The van der Waals surface area contributed by atoms with Crippen molar-refractivity contribution in [2.75, 3.05) is 18.1 Å². The largest absolute Gasteiger partial charge is 0.468 e. The maximum absolute atomic E-state index is 9.18. The van der Waals surface area contributed by atoms with Gasteiger partial charge in [0.15, 0.2) is 0 Å². The summed E-state index contributed by atoms with van der Waals surface area (Å²) in [5.74, 6) is 2.60. The Labute approximate surface area is 73.7 Å². The second-order valence-corrected chi connectivity index (χ2v) is 3.14. The normalized spacial score (nSPS) is 7.91. The molecule has 0 aliphatic carbocycles. The van der Waals surface area contributed by atoms with E-state index in [1.165, 1.54) is 17.9 Å². The Morgan fingerprint density at radius 1 is 1.36 bits per heavy atom. The molecule has 0 N–H and O–H groups in total. The summed E-state index contributed by atoms with van der Waals surface area (Å²) >= 11 is 2.01. The van der Waals surface area contributed by atoms with Gasteiger partial charge in [0.1, 0.15) is 0 Å². The van der Waals surface area contributed by atoms with Crippen LogP contribution in [0.15, 0.2) is 0 Å². The van der Waals surface area contributed by atoms with Gasteiger partial charge >= 0.3 is 0 Å². The van der Waals surface area contributed by atoms with Crippen LogP contribution in [-0.2, 0) is 9.53 Å². The van der Waals surface area contributed by atoms with Crippen molar-refractivity contribution in [3.8, 4) is 0 Å². The molecule has 0 saturated carbocycles. The molecule has 0 heterocycles. The molecular formula is C8H18O2S. The van der Waals surface area contributed by atoms with E-state index in [1.54, 1.807) is 6.92 Å². The quantitative estimate of drug-likeness (QED) is 0.477. The minimum Gasteiger partial charge on any atom is -0.468 e. The Hall–Kier alpha value is -0.180. The zero-order valence-electron chi connectivity index (χ0n) is 7.63. The summed E-state index contributed by atoms with van der Waals surface area (Å²) in [5, 5.41) is 0. The van der Waals surface area contributed by atoms with Gasteiger partial charge in [-0.2, -0.15) is 11.8 Å². The van der Waals surface area contributed by atoms with Crippen molar-refractivity contribution >= 4 is 18.2 Å². The number of carbonyl (C=O) groups excluding carboxylic acids is 1. The lowest BCUT2D eigenvalue weighted by Gasteiger charge is -1.87. The fourth-order valence-electron chi connectivity index (χ4n) is 0.357. The Morgan fingerprint density at radius 2 is 2.00 bits per heavy atom. The molecule has 0 rings (SSSR count). The van der Waals surface area contributed by atoms with E-state index in [9.17, 15) is 4.79 Å². The van der Waals surface area contributed by atoms with Gasteiger partial charge in [-0.3, -0.25) is 4.79 Å². The summed E-state index contributed by atoms with van der Waals surface area (Å²) in [7, 11) is 0. The third-order valence-electron chi connectivity index (χ3n) is 0.787. The maximum atomic E-state index is 9.18. The summed E-state index contributed by atoms with van der Waals surface area (Å²) in [6, 6.07) is 0. The summed E-state index contributed by atoms with van der Waals surface area (Å²) in [6.07, 6.45) is 1.32. The predicted molar refractivity (Wildman–Crippen MR) is 51.0 cm³/mol. The Balaban J connectivity index is 0. The van der Waals surface area contributed by atoms with Gasteiger partial charge in [0.05, 0.1) is 6.61 Å². The molecule has 68 valence electrons. The highest BCUT2D eigenvalue weighted by Crippen LogP contribution is 1.98. The van der Waals surface area contributed by atoms with E-state index < -0.39 is 0 Å². The molecule has 3 heteroatoms. The number of hydrogen-bond acceptors (Lipinski definition) is 3. The van der Waals surface area contributed by atoms with Gasteiger partial charge in [0.2, 0.25) is 0 Å². The van der Waals surface area contributed by atoms with E-state index in [4.69, 9.17) is 0 Å². The third-order valence-corrected chi connectivity index (χ3v) is 1.89. The number of rotatable bonds is 5. The summed E-state index contributed by atoms with van der Waals surface area (Å²) in [4.78, 5) is 9.18. The van der Waals surface area contributed by atoms with Gasteiger partial charge < -0.3 is 4.74 Å². The molecule has 0 saturated heterocycles. The van der Waals surface area contributed by atoms with Crippen molar-refractivity contribution in [3.63, 3.8) is 0 Å². The Kier molecular flexibility index (Phi) is 20.0. The fraction of sp³-hybridized carbons (Fsp3) is 0.875. The molecule has 2 nitrogen and oxygen atoms in total. The van der Waals surface area contributed by atoms with Gasteiger partial charge in [-0.15, -0.1) is 0 Å². The molecule has 0 aliphatic rings. The van der Waals surface area contributed by atoms with E-state index in [2.05, 4.69) is 18.6 Å². The minimum absolute atomic E-state index is 0.431. The van der Waals surface area contributed by atoms with Gasteiger partial charge in [0.25, 0.3) is 6.47 Å². The molecule has 0 aromatic heterocycles. The molecule has 0 atom stereocenters. The van der Waals surface area contributed by atoms with Crippen LogP contribution in [0.3, 0.4) is 0 Å². The average Bonchev–Trinajstić information content (AvgIpc) is 2.04. The number of hydrogen-bond donors (Lipinski definition) is 0. The van der Waals surface area contributed by atoms with Crippen LogP contribution < -0.4 is 0 Å². The number of ether oxygens (including phenoxy) is 1. The molecule has 0 fully saturated rings. The van der Waals surface area contributed by atoms with E-state index in [0.29, 0.717) is 13.1 Å². The Morgan fingerprint density at radius 3 is 2.09 bits per heavy atom. The summed E-state index contributed by atoms with van der Waals surface area (Å²) in [6.45, 7) is 7.07. The molecule has 0 aromatic rings. The van der Waals surface area contributed by atoms with Crippen LogP contribution in [0, 0.1) is 0 Å². The zero-order chi connectivity index (χ0) is 8.95. The second-order valence-electron chi connectivity index (χ2n) is 1.75. The molecule has 0 spiro atoms. The Bertz CT molecular complexity index is 63.1. The van der Waals surface area contributed by atoms with Gasteiger partial charge in [0, 0.05) is 0 Å². The van der Waals surface area contributed by atoms with Crippen molar-refractivity contribution in [2.45, 2.75) is 27.2 Å². The standard InChI is InChI=1S/C5H12S.C3H6O2/c1-3-5-6-4-2;1-2-5-3-4/h3-5H2,1-2H3;3H,2H2,1H3. The lowest BCUT2D eigenvalue weighted by molar-refractivity contribution is -0.128. The average molecular weight is 178 g/mol. The number of carbonyl (C=O) groups is 1. The first-order valence-electron chi connectivity index (χ1n) is 3.96. The van der Waals surface area contributed by atoms with Crippen molar-refractivity contribution < 1.29 is 9.53 Å². The first-order chi connectivity index (χ1) is 5.33. The molecule has 0 bridgehead atoms. The van der Waals surface area contributed by atoms with E-state index in [-0.39, 0.29) is 0 Å². The lowest BCUT2D eigenvalue weighted by Crippen LogP contribution is -1.80. The van der Waals surface area contributed by atoms with E-state index >= 15 is 0 Å². The lowest BCUT2D eigenvalue weighted by atomic mass is 10.6. The smallest absolute Gasteiger partial charge is 0.293 e. The summed E-state index contributed by atoms with van der Waals surface area (Å²) in [5.41, 5.74) is 0. The van der Waals surface area contributed by atoms with Crippen molar-refractivity contribution in [1.82, 2.24) is 0 Å². The van der Waals surface area contributed by atoms with Crippen LogP contribution in [0.4, 0.5) is 0 Å². The fourth-order valence-corrected chi connectivity index (χ4v) is 0.934. The molecule has 0 radical (unpaired) electrons. The molecule has 0 aliphatic heterocycles. The van der Waals surface area contributed by atoms with Gasteiger partial charge in [-0.05, 0) is 24.9 Å². The molecule has 0 unspecified atom stereocenters. The van der Waals surface area contributed by atoms with Crippen molar-refractivity contribution in [1.29, 1.82) is 0 Å². The predicted octanol–water partition coefficient (Wildman–Crippen LogP) is 2.33. The number of thioether (sulfide) groups is 1. The SMILES string of the molecule is CCCSCC.CCOC=O. The molecular weight excluding hydrogens is 160 g/mol. The van der Waals surface area contributed by atoms with Crippen LogP contribution in [0.1, 0.15) is 27.2 Å². The zero-order valence-corrected chi connectivity index (χ0v) is 8.45. The third kappa shape index (κ3) is 25.8. The highest BCUT2D eigenvalue weighted by molar-refractivity contribution is 7.99. The van der Waals surface area contributed by atoms with Crippen molar-refractivity contribution in [3.05, 3.63) is 0 Å². The van der Waals surface area contributed by atoms with Gasteiger partial charge in [-0.1, -0.05) is 13.8 Å². The van der Waals surface area contributed by atoms with Gasteiger partial charge in [-0.25, -0.2) is 0 Å². The van der Waals surface area contributed by atoms with Crippen LogP contribution in [0.2, 0.25) is 0 Å². The maximum Gasteiger partial charge on any atom is 0.293 e. The monoisotopic (exact) mass is 178 g/mol. The minimum atomic E-state index is 0.431. The highest BCUT2D eigenvalue weighted by Gasteiger charge is 1.74. The van der Waals surface area contributed by atoms with Crippen molar-refractivity contribution in [2.24, 2.45) is 0 Å². The van der Waals surface area contributed by atoms with Crippen LogP contribution >= 0.6 is 11.8 Å². The van der Waals surface area contributed by atoms with Crippen LogP contribution in [0.5, 0.6) is 0 Å². The molecule has 0 amide bonds. The highest BCUT2D eigenvalue weighted by atomic mass is 32.2. The molecule has 0 aromatic carbocycles. The van der Waals surface area contributed by atoms with E-state index in [0.717, 1.165) is 0 Å². The molecule has 11 heavy (non-hydrogen) atoms. The summed E-state index contributed by atoms with van der Waals surface area (Å²) < 4.78 is 4.15. The van der Waals surface area contributed by atoms with Crippen LogP contribution in [-0.4, -0.2) is 24.6 Å². The first kappa shape index (κ1) is 13.4. The first-order valence-corrected chi connectivity index (χ1v) is 5.11. The van der Waals surface area contributed by atoms with E-state index in [1.807, 2.05) is 11.8 Å². The topological polar surface area (TPSA) is 26.3 Å².